The van der Waals surface area contributed by atoms with Gasteiger partial charge in [-0.25, -0.2) is 0 Å². The van der Waals surface area contributed by atoms with E-state index in [-0.39, 0.29) is 12.4 Å². The fourth-order valence-corrected chi connectivity index (χ4v) is 1.72. The third kappa shape index (κ3) is 2.35. The van der Waals surface area contributed by atoms with Crippen LogP contribution in [0.25, 0.3) is 0 Å². The molecule has 0 atom stereocenters. The summed E-state index contributed by atoms with van der Waals surface area (Å²) < 4.78 is 1.43. The number of hydrogen-bond acceptors (Lipinski definition) is 1. The van der Waals surface area contributed by atoms with Gasteiger partial charge >= 0.3 is 60.0 Å². The first-order valence-electron chi connectivity index (χ1n) is 2.16. The van der Waals surface area contributed by atoms with E-state index in [1.807, 2.05) is 33.0 Å². The van der Waals surface area contributed by atoms with E-state index in [2.05, 4.69) is 18.4 Å². The van der Waals surface area contributed by atoms with Crippen LogP contribution in [0.15, 0.2) is 11.4 Å². The molecular formula is C5H5ClMgS. The van der Waals surface area contributed by atoms with E-state index < -0.39 is 0 Å². The summed E-state index contributed by atoms with van der Waals surface area (Å²) in [5.74, 6) is 0. The summed E-state index contributed by atoms with van der Waals surface area (Å²) in [4.78, 5) is 0. The van der Waals surface area contributed by atoms with Gasteiger partial charge in [-0.15, -0.1) is 0 Å². The molecule has 0 unspecified atom stereocenters. The van der Waals surface area contributed by atoms with Crippen molar-refractivity contribution in [2.45, 2.75) is 6.92 Å². The molecule has 0 fully saturated rings. The number of rotatable bonds is 0. The fourth-order valence-electron chi connectivity index (χ4n) is 0.491. The normalized spacial score (nSPS) is 8.38. The quantitative estimate of drug-likeness (QED) is 0.377. The van der Waals surface area contributed by atoms with Crippen LogP contribution in [-0.4, -0.2) is 21.7 Å². The first kappa shape index (κ1) is 8.76. The molecule has 8 heavy (non-hydrogen) atoms. The molecule has 1 aromatic heterocycles. The molecule has 40 valence electrons. The second-order valence-electron chi connectivity index (χ2n) is 1.59. The van der Waals surface area contributed by atoms with E-state index in [0.29, 0.717) is 0 Å². The van der Waals surface area contributed by atoms with Gasteiger partial charge in [0.25, 0.3) is 0 Å². The summed E-state index contributed by atoms with van der Waals surface area (Å²) >= 11 is 3.76. The van der Waals surface area contributed by atoms with Gasteiger partial charge in [-0.3, -0.25) is 0 Å². The van der Waals surface area contributed by atoms with Gasteiger partial charge in [0, 0.05) is 0 Å². The summed E-state index contributed by atoms with van der Waals surface area (Å²) in [6.45, 7) is 2.12. The van der Waals surface area contributed by atoms with Crippen molar-refractivity contribution < 1.29 is 12.4 Å². The molecule has 0 bridgehead atoms. The van der Waals surface area contributed by atoms with Crippen LogP contribution >= 0.6 is 11.3 Å². The SMILES string of the molecule is Cc1cs[c]([Mg+])c1.[Cl-]. The maximum atomic E-state index is 2.20. The van der Waals surface area contributed by atoms with Crippen LogP contribution in [0, 0.1) is 6.92 Å². The molecular weight excluding hydrogens is 152 g/mol. The van der Waals surface area contributed by atoms with Crippen molar-refractivity contribution in [1.82, 2.24) is 0 Å². The van der Waals surface area contributed by atoms with Crippen molar-refractivity contribution >= 4 is 36.1 Å². The standard InChI is InChI=1S/C5H5S.ClH.Mg/c1-5-2-3-6-4-5;;/h2,4H,1H3;1H;/q;;+1/p-1. The van der Waals surface area contributed by atoms with Gasteiger partial charge in [-0.2, -0.15) is 0 Å². The molecule has 0 spiro atoms. The van der Waals surface area contributed by atoms with Gasteiger partial charge < -0.3 is 12.4 Å². The largest absolute Gasteiger partial charge is 1.00 e. The van der Waals surface area contributed by atoms with Crippen molar-refractivity contribution in [2.24, 2.45) is 0 Å². The molecule has 0 saturated heterocycles. The average molecular weight is 157 g/mol. The van der Waals surface area contributed by atoms with Crippen molar-refractivity contribution in [2.75, 3.05) is 0 Å². The molecule has 0 aliphatic carbocycles. The van der Waals surface area contributed by atoms with Crippen molar-refractivity contribution in [3.63, 3.8) is 0 Å². The number of aryl methyl sites for hydroxylation is 1. The molecule has 3 heteroatoms. The molecule has 0 aliphatic rings. The summed E-state index contributed by atoms with van der Waals surface area (Å²) in [6, 6.07) is 2.20. The van der Waals surface area contributed by atoms with Crippen LogP contribution in [0.2, 0.25) is 0 Å². The molecule has 0 nitrogen and oxygen atoms in total. The minimum absolute atomic E-state index is 0. The summed E-state index contributed by atoms with van der Waals surface area (Å²) in [5.41, 5.74) is 1.38. The van der Waals surface area contributed by atoms with E-state index in [1.165, 1.54) is 8.57 Å². The average Bonchev–Trinajstić information content (AvgIpc) is 1.87. The van der Waals surface area contributed by atoms with Crippen LogP contribution in [0.1, 0.15) is 5.56 Å². The molecule has 1 aromatic rings. The van der Waals surface area contributed by atoms with Gasteiger partial charge in [-0.1, -0.05) is 0 Å². The summed E-state index contributed by atoms with van der Waals surface area (Å²) in [7, 11) is 0. The predicted octanol–water partition coefficient (Wildman–Crippen LogP) is -2.15. The number of hydrogen-bond donors (Lipinski definition) is 0. The van der Waals surface area contributed by atoms with Gasteiger partial charge in [-0.05, 0) is 0 Å². The molecule has 1 rings (SSSR count). The minimum atomic E-state index is 0. The van der Waals surface area contributed by atoms with E-state index in [9.17, 15) is 0 Å². The molecule has 0 aromatic carbocycles. The van der Waals surface area contributed by atoms with Crippen molar-refractivity contribution in [3.05, 3.63) is 17.0 Å². The van der Waals surface area contributed by atoms with E-state index in [4.69, 9.17) is 0 Å². The molecule has 1 heterocycles. The Balaban J connectivity index is 0.000000490. The Labute approximate surface area is 72.1 Å². The third-order valence-corrected chi connectivity index (χ3v) is 2.40. The second-order valence-corrected chi connectivity index (χ2v) is 3.86. The zero-order valence-electron chi connectivity index (χ0n) is 4.65. The second kappa shape index (κ2) is 3.72. The van der Waals surface area contributed by atoms with Crippen LogP contribution in [0.3, 0.4) is 0 Å². The van der Waals surface area contributed by atoms with Crippen LogP contribution in [0.4, 0.5) is 0 Å². The van der Waals surface area contributed by atoms with Crippen LogP contribution < -0.4 is 15.4 Å². The van der Waals surface area contributed by atoms with Crippen molar-refractivity contribution in [1.29, 1.82) is 0 Å². The van der Waals surface area contributed by atoms with Gasteiger partial charge in [0.15, 0.2) is 0 Å². The topological polar surface area (TPSA) is 0 Å². The van der Waals surface area contributed by atoms with Gasteiger partial charge in [0.1, 0.15) is 0 Å². The molecule has 0 N–H and O–H groups in total. The third-order valence-electron chi connectivity index (χ3n) is 0.785. The maximum absolute atomic E-state index is 2.20. The Kier molecular flexibility index (Phi) is 4.07. The summed E-state index contributed by atoms with van der Waals surface area (Å²) in [5, 5.41) is 2.17. The van der Waals surface area contributed by atoms with Gasteiger partial charge in [0.05, 0.1) is 0 Å². The van der Waals surface area contributed by atoms with Crippen LogP contribution in [0.5, 0.6) is 0 Å². The monoisotopic (exact) mass is 156 g/mol. The minimum Gasteiger partial charge on any atom is -1.00 e. The van der Waals surface area contributed by atoms with Crippen molar-refractivity contribution in [3.8, 4) is 0 Å². The zero-order valence-corrected chi connectivity index (χ0v) is 7.63. The van der Waals surface area contributed by atoms with Crippen LogP contribution in [-0.2, 0) is 0 Å². The smallest absolute Gasteiger partial charge is 1.00 e. The first-order valence-corrected chi connectivity index (χ1v) is 3.75. The van der Waals surface area contributed by atoms with E-state index >= 15 is 0 Å². The molecule has 0 amide bonds. The Morgan fingerprint density at radius 2 is 2.25 bits per heavy atom. The Bertz CT molecular complexity index is 145. The number of halogens is 1. The van der Waals surface area contributed by atoms with E-state index in [1.54, 1.807) is 0 Å². The summed E-state index contributed by atoms with van der Waals surface area (Å²) in [6.07, 6.45) is 0. The Morgan fingerprint density at radius 3 is 2.38 bits per heavy atom. The zero-order chi connectivity index (χ0) is 5.28. The molecule has 0 radical (unpaired) electrons. The molecule has 0 aliphatic heterocycles. The Morgan fingerprint density at radius 1 is 1.62 bits per heavy atom. The first-order chi connectivity index (χ1) is 3.29. The number of thiophene rings is 1. The van der Waals surface area contributed by atoms with Gasteiger partial charge in [0.2, 0.25) is 0 Å². The fraction of sp³-hybridized carbons (Fsp3) is 0.200. The van der Waals surface area contributed by atoms with E-state index in [0.717, 1.165) is 0 Å². The molecule has 0 saturated carbocycles. The maximum Gasteiger partial charge on any atom is -1.00 e. The predicted molar refractivity (Wildman–Crippen MR) is 34.4 cm³/mol. The Hall–Kier alpha value is 0.756.